The molecule has 2 heteroatoms. The van der Waals surface area contributed by atoms with E-state index in [9.17, 15) is 0 Å². The average molecular weight is 255 g/mol. The van der Waals surface area contributed by atoms with Crippen molar-refractivity contribution < 1.29 is 4.74 Å². The van der Waals surface area contributed by atoms with E-state index in [-0.39, 0.29) is 0 Å². The molecule has 0 aliphatic heterocycles. The molecule has 1 aliphatic rings. The van der Waals surface area contributed by atoms with Crippen LogP contribution in [0.25, 0.3) is 0 Å². The normalized spacial score (nSPS) is 18.7. The van der Waals surface area contributed by atoms with E-state index in [2.05, 4.69) is 26.1 Å². The maximum absolute atomic E-state index is 5.59. The van der Waals surface area contributed by atoms with Gasteiger partial charge in [-0.05, 0) is 37.0 Å². The van der Waals surface area contributed by atoms with Crippen molar-refractivity contribution in [2.75, 3.05) is 26.3 Å². The number of rotatable bonds is 10. The largest absolute Gasteiger partial charge is 0.380 e. The minimum atomic E-state index is 0.595. The summed E-state index contributed by atoms with van der Waals surface area (Å²) in [5.41, 5.74) is 0.595. The molecule has 1 rings (SSSR count). The average Bonchev–Trinajstić information content (AvgIpc) is 2.76. The second kappa shape index (κ2) is 8.92. The van der Waals surface area contributed by atoms with Gasteiger partial charge in [-0.15, -0.1) is 0 Å². The summed E-state index contributed by atoms with van der Waals surface area (Å²) in [7, 11) is 0. The monoisotopic (exact) mass is 255 g/mol. The zero-order valence-electron chi connectivity index (χ0n) is 12.8. The van der Waals surface area contributed by atoms with Crippen LogP contribution in [0.3, 0.4) is 0 Å². The van der Waals surface area contributed by atoms with E-state index in [0.717, 1.165) is 25.7 Å². The molecular weight excluding hydrogens is 222 g/mol. The minimum absolute atomic E-state index is 0.595. The Kier molecular flexibility index (Phi) is 7.92. The highest BCUT2D eigenvalue weighted by Gasteiger charge is 2.33. The number of hydrogen-bond acceptors (Lipinski definition) is 2. The Labute approximate surface area is 114 Å². The van der Waals surface area contributed by atoms with Crippen LogP contribution in [-0.2, 0) is 4.74 Å². The summed E-state index contributed by atoms with van der Waals surface area (Å²) >= 11 is 0. The topological polar surface area (TPSA) is 21.3 Å². The van der Waals surface area contributed by atoms with Gasteiger partial charge in [0.1, 0.15) is 0 Å². The maximum atomic E-state index is 5.59. The fraction of sp³-hybridized carbons (Fsp3) is 1.00. The van der Waals surface area contributed by atoms with Crippen molar-refractivity contribution in [3.8, 4) is 0 Å². The van der Waals surface area contributed by atoms with Gasteiger partial charge in [0.25, 0.3) is 0 Å². The van der Waals surface area contributed by atoms with Gasteiger partial charge in [0, 0.05) is 19.7 Å². The zero-order chi connectivity index (χ0) is 13.3. The van der Waals surface area contributed by atoms with E-state index in [1.165, 1.54) is 51.5 Å². The lowest BCUT2D eigenvalue weighted by molar-refractivity contribution is 0.127. The van der Waals surface area contributed by atoms with Crippen molar-refractivity contribution in [1.82, 2.24) is 5.32 Å². The third kappa shape index (κ3) is 6.19. The fourth-order valence-electron chi connectivity index (χ4n) is 3.29. The van der Waals surface area contributed by atoms with Crippen LogP contribution in [0.4, 0.5) is 0 Å². The highest BCUT2D eigenvalue weighted by atomic mass is 16.5. The first-order valence-corrected chi connectivity index (χ1v) is 7.97. The summed E-state index contributed by atoms with van der Waals surface area (Å²) in [5.74, 6) is 0.825. The lowest BCUT2D eigenvalue weighted by Gasteiger charge is -2.31. The Morgan fingerprint density at radius 1 is 1.17 bits per heavy atom. The van der Waals surface area contributed by atoms with Crippen molar-refractivity contribution in [3.63, 3.8) is 0 Å². The highest BCUT2D eigenvalue weighted by Crippen LogP contribution is 2.42. The van der Waals surface area contributed by atoms with Crippen LogP contribution in [0, 0.1) is 11.3 Å². The van der Waals surface area contributed by atoms with Gasteiger partial charge in [-0.2, -0.15) is 0 Å². The van der Waals surface area contributed by atoms with Crippen LogP contribution in [0.5, 0.6) is 0 Å². The first-order valence-electron chi connectivity index (χ1n) is 7.97. The van der Waals surface area contributed by atoms with Crippen LogP contribution in [-0.4, -0.2) is 26.3 Å². The molecule has 1 fully saturated rings. The van der Waals surface area contributed by atoms with E-state index in [1.807, 2.05) is 0 Å². The molecule has 0 spiro atoms. The lowest BCUT2D eigenvalue weighted by Crippen LogP contribution is -2.35. The molecule has 1 aliphatic carbocycles. The zero-order valence-corrected chi connectivity index (χ0v) is 12.8. The molecule has 108 valence electrons. The third-order valence-corrected chi connectivity index (χ3v) is 4.07. The molecule has 0 saturated heterocycles. The van der Waals surface area contributed by atoms with Crippen LogP contribution in [0.1, 0.15) is 65.7 Å². The standard InChI is InChI=1S/C16H33NO/c1-4-5-11-18-12-10-17-14-16(13-15(2)3)8-6-7-9-16/h15,17H,4-14H2,1-3H3. The van der Waals surface area contributed by atoms with Crippen LogP contribution < -0.4 is 5.32 Å². The molecule has 0 atom stereocenters. The number of unbranched alkanes of at least 4 members (excludes halogenated alkanes) is 1. The molecular formula is C16H33NO. The molecule has 2 nitrogen and oxygen atoms in total. The van der Waals surface area contributed by atoms with Gasteiger partial charge >= 0.3 is 0 Å². The summed E-state index contributed by atoms with van der Waals surface area (Å²) in [6.45, 7) is 10.9. The van der Waals surface area contributed by atoms with E-state index in [1.54, 1.807) is 0 Å². The molecule has 0 aromatic rings. The number of hydrogen-bond donors (Lipinski definition) is 1. The van der Waals surface area contributed by atoms with Gasteiger partial charge in [0.15, 0.2) is 0 Å². The number of ether oxygens (including phenoxy) is 1. The second-order valence-electron chi connectivity index (χ2n) is 6.45. The Balaban J connectivity index is 2.11. The first-order chi connectivity index (χ1) is 8.68. The summed E-state index contributed by atoms with van der Waals surface area (Å²) < 4.78 is 5.59. The van der Waals surface area contributed by atoms with Gasteiger partial charge in [-0.1, -0.05) is 40.0 Å². The third-order valence-electron chi connectivity index (χ3n) is 4.07. The molecule has 0 amide bonds. The summed E-state index contributed by atoms with van der Waals surface area (Å²) in [4.78, 5) is 0. The molecule has 0 heterocycles. The maximum Gasteiger partial charge on any atom is 0.0590 e. The summed E-state index contributed by atoms with van der Waals surface area (Å²) in [5, 5.41) is 3.63. The van der Waals surface area contributed by atoms with Crippen molar-refractivity contribution in [2.24, 2.45) is 11.3 Å². The van der Waals surface area contributed by atoms with Gasteiger partial charge in [0.05, 0.1) is 6.61 Å². The predicted octanol–water partition coefficient (Wildman–Crippen LogP) is 4.00. The SMILES string of the molecule is CCCCOCCNCC1(CC(C)C)CCCC1. The van der Waals surface area contributed by atoms with Crippen LogP contribution >= 0.6 is 0 Å². The van der Waals surface area contributed by atoms with E-state index in [0.29, 0.717) is 5.41 Å². The lowest BCUT2D eigenvalue weighted by atomic mass is 9.78. The van der Waals surface area contributed by atoms with Gasteiger partial charge in [0.2, 0.25) is 0 Å². The van der Waals surface area contributed by atoms with Crippen molar-refractivity contribution in [3.05, 3.63) is 0 Å². The van der Waals surface area contributed by atoms with Crippen molar-refractivity contribution in [2.45, 2.75) is 65.7 Å². The molecule has 0 aromatic heterocycles. The van der Waals surface area contributed by atoms with Crippen LogP contribution in [0.15, 0.2) is 0 Å². The molecule has 1 saturated carbocycles. The predicted molar refractivity (Wildman–Crippen MR) is 79.0 cm³/mol. The molecule has 0 bridgehead atoms. The molecule has 18 heavy (non-hydrogen) atoms. The fourth-order valence-corrected chi connectivity index (χ4v) is 3.29. The summed E-state index contributed by atoms with van der Waals surface area (Å²) in [6.07, 6.45) is 9.52. The van der Waals surface area contributed by atoms with Crippen molar-refractivity contribution in [1.29, 1.82) is 0 Å². The quantitative estimate of drug-likeness (QED) is 0.596. The Morgan fingerprint density at radius 3 is 2.50 bits per heavy atom. The summed E-state index contributed by atoms with van der Waals surface area (Å²) in [6, 6.07) is 0. The molecule has 1 N–H and O–H groups in total. The second-order valence-corrected chi connectivity index (χ2v) is 6.45. The van der Waals surface area contributed by atoms with Gasteiger partial charge in [-0.3, -0.25) is 0 Å². The number of nitrogens with one attached hydrogen (secondary N) is 1. The molecule has 0 aromatic carbocycles. The van der Waals surface area contributed by atoms with Crippen molar-refractivity contribution >= 4 is 0 Å². The minimum Gasteiger partial charge on any atom is -0.380 e. The smallest absolute Gasteiger partial charge is 0.0590 e. The molecule has 0 unspecified atom stereocenters. The Hall–Kier alpha value is -0.0800. The van der Waals surface area contributed by atoms with Crippen LogP contribution in [0.2, 0.25) is 0 Å². The first kappa shape index (κ1) is 16.0. The van der Waals surface area contributed by atoms with E-state index in [4.69, 9.17) is 4.74 Å². The molecule has 0 radical (unpaired) electrons. The van der Waals surface area contributed by atoms with E-state index < -0.39 is 0 Å². The Bertz CT molecular complexity index is 197. The van der Waals surface area contributed by atoms with E-state index >= 15 is 0 Å². The highest BCUT2D eigenvalue weighted by molar-refractivity contribution is 4.87. The van der Waals surface area contributed by atoms with Gasteiger partial charge in [-0.25, -0.2) is 0 Å². The Morgan fingerprint density at radius 2 is 1.89 bits per heavy atom. The van der Waals surface area contributed by atoms with Gasteiger partial charge < -0.3 is 10.1 Å².